The first kappa shape index (κ1) is 30.9. The van der Waals surface area contributed by atoms with Crippen molar-refractivity contribution in [2.75, 3.05) is 26.6 Å². The summed E-state index contributed by atoms with van der Waals surface area (Å²) in [7, 11) is 4.52. The number of esters is 1. The molecule has 2 aromatic heterocycles. The van der Waals surface area contributed by atoms with Crippen LogP contribution in [0.4, 0.5) is 5.13 Å². The molecule has 2 heterocycles. The number of aromatic nitrogens is 2. The van der Waals surface area contributed by atoms with Gasteiger partial charge in [-0.15, -0.1) is 11.3 Å². The molecule has 8 nitrogen and oxygen atoms in total. The van der Waals surface area contributed by atoms with Gasteiger partial charge in [0.25, 0.3) is 5.91 Å². The van der Waals surface area contributed by atoms with Gasteiger partial charge in [0.15, 0.2) is 5.13 Å². The molecule has 1 saturated carbocycles. The molecule has 0 radical (unpaired) electrons. The molecule has 0 aliphatic heterocycles. The summed E-state index contributed by atoms with van der Waals surface area (Å²) in [5.74, 6) is 0.994. The minimum Gasteiger partial charge on any atom is -0.496 e. The van der Waals surface area contributed by atoms with Crippen molar-refractivity contribution < 1.29 is 23.8 Å². The number of halogens is 1. The number of amides is 1. The Hall–Kier alpha value is -3.56. The SMILES string of the molecule is COC(=O)Cc1c(C(=O)Nc2nc(-c3cc(OC)c(Cl)cc3OC)c(CCC3CCCCC3)s2)[nH]c2c(C)cc(C)cc12. The third-order valence-corrected chi connectivity index (χ3v) is 9.61. The summed E-state index contributed by atoms with van der Waals surface area (Å²) in [4.78, 5) is 35.4. The maximum absolute atomic E-state index is 13.8. The number of nitrogens with one attached hydrogen (secondary N) is 2. The van der Waals surface area contributed by atoms with Crippen LogP contribution in [0.3, 0.4) is 0 Å². The quantitative estimate of drug-likeness (QED) is 0.173. The predicted octanol–water partition coefficient (Wildman–Crippen LogP) is 8.06. The lowest BCUT2D eigenvalue weighted by atomic mass is 9.86. The van der Waals surface area contributed by atoms with Gasteiger partial charge in [0.05, 0.1) is 38.5 Å². The molecule has 1 aliphatic carbocycles. The molecule has 2 N–H and O–H groups in total. The number of carbonyl (C=O) groups excluding carboxylic acids is 2. The van der Waals surface area contributed by atoms with Gasteiger partial charge < -0.3 is 19.2 Å². The van der Waals surface area contributed by atoms with Gasteiger partial charge in [0.1, 0.15) is 17.2 Å². The second-order valence-electron chi connectivity index (χ2n) is 11.2. The number of anilines is 1. The molecule has 0 spiro atoms. The monoisotopic (exact) mass is 623 g/mol. The molecular weight excluding hydrogens is 586 g/mol. The van der Waals surface area contributed by atoms with E-state index in [1.54, 1.807) is 20.3 Å². The van der Waals surface area contributed by atoms with E-state index in [0.29, 0.717) is 38.8 Å². The van der Waals surface area contributed by atoms with Gasteiger partial charge in [-0.25, -0.2) is 4.98 Å². The Morgan fingerprint density at radius 1 is 1.05 bits per heavy atom. The Labute approximate surface area is 261 Å². The first-order chi connectivity index (χ1) is 20.7. The number of thiazole rings is 1. The summed E-state index contributed by atoms with van der Waals surface area (Å²) in [6, 6.07) is 7.59. The number of hydrogen-bond donors (Lipinski definition) is 2. The lowest BCUT2D eigenvalue weighted by molar-refractivity contribution is -0.139. The lowest BCUT2D eigenvalue weighted by Crippen LogP contribution is -2.16. The Kier molecular flexibility index (Phi) is 9.62. The van der Waals surface area contributed by atoms with Crippen molar-refractivity contribution in [3.05, 3.63) is 56.5 Å². The smallest absolute Gasteiger partial charge is 0.310 e. The fraction of sp³-hybridized carbons (Fsp3) is 0.424. The standard InChI is InChI=1S/C33H38ClN3O5S/c1-18-13-19(2)29-21(14-18)22(16-28(38)42-5)31(35-29)32(39)37-33-36-30(23-15-26(41-4)24(34)17-25(23)40-3)27(43-33)12-11-20-9-7-6-8-10-20/h13-15,17,20,35H,6-12,16H2,1-5H3,(H,36,37,39). The highest BCUT2D eigenvalue weighted by atomic mass is 35.5. The fourth-order valence-electron chi connectivity index (χ4n) is 6.10. The third-order valence-electron chi connectivity index (χ3n) is 8.28. The summed E-state index contributed by atoms with van der Waals surface area (Å²) in [6.45, 7) is 3.97. The third kappa shape index (κ3) is 6.68. The van der Waals surface area contributed by atoms with Crippen molar-refractivity contribution in [3.63, 3.8) is 0 Å². The van der Waals surface area contributed by atoms with E-state index in [1.165, 1.54) is 50.6 Å². The van der Waals surface area contributed by atoms with Gasteiger partial charge in [0.2, 0.25) is 0 Å². The summed E-state index contributed by atoms with van der Waals surface area (Å²) in [5.41, 5.74) is 5.26. The van der Waals surface area contributed by atoms with E-state index < -0.39 is 5.97 Å². The highest BCUT2D eigenvalue weighted by Gasteiger charge is 2.25. The molecule has 1 amide bonds. The van der Waals surface area contributed by atoms with Gasteiger partial charge in [0, 0.05) is 33.0 Å². The van der Waals surface area contributed by atoms with Crippen molar-refractivity contribution >= 4 is 50.8 Å². The number of ether oxygens (including phenoxy) is 3. The Balaban J connectivity index is 1.53. The maximum atomic E-state index is 13.8. The molecule has 1 aliphatic rings. The van der Waals surface area contributed by atoms with Gasteiger partial charge in [-0.3, -0.25) is 14.9 Å². The van der Waals surface area contributed by atoms with Crippen LogP contribution < -0.4 is 14.8 Å². The second kappa shape index (κ2) is 13.4. The van der Waals surface area contributed by atoms with Crippen molar-refractivity contribution in [1.82, 2.24) is 9.97 Å². The zero-order valence-electron chi connectivity index (χ0n) is 25.3. The van der Waals surface area contributed by atoms with Crippen LogP contribution in [0.5, 0.6) is 11.5 Å². The van der Waals surface area contributed by atoms with E-state index in [9.17, 15) is 9.59 Å². The molecule has 2 aromatic carbocycles. The number of rotatable bonds is 10. The van der Waals surface area contributed by atoms with E-state index in [2.05, 4.69) is 10.3 Å². The van der Waals surface area contributed by atoms with Gasteiger partial charge in [-0.2, -0.15) is 0 Å². The first-order valence-electron chi connectivity index (χ1n) is 14.6. The number of fused-ring (bicyclic) bond motifs is 1. The van der Waals surface area contributed by atoms with E-state index in [1.807, 2.05) is 32.0 Å². The number of benzene rings is 2. The average Bonchev–Trinajstić information content (AvgIpc) is 3.57. The Morgan fingerprint density at radius 3 is 2.49 bits per heavy atom. The molecule has 0 bridgehead atoms. The van der Waals surface area contributed by atoms with Crippen molar-refractivity contribution in [2.45, 2.75) is 65.2 Å². The van der Waals surface area contributed by atoms with E-state index in [4.69, 9.17) is 30.8 Å². The van der Waals surface area contributed by atoms with Crippen LogP contribution in [0, 0.1) is 19.8 Å². The van der Waals surface area contributed by atoms with Crippen LogP contribution in [0.25, 0.3) is 22.2 Å². The van der Waals surface area contributed by atoms with Crippen LogP contribution in [-0.4, -0.2) is 43.2 Å². The van der Waals surface area contributed by atoms with Crippen LogP contribution in [0.2, 0.25) is 5.02 Å². The Bertz CT molecular complexity index is 1650. The predicted molar refractivity (Wildman–Crippen MR) is 172 cm³/mol. The number of nitrogens with zero attached hydrogens (tertiary/aromatic N) is 1. The van der Waals surface area contributed by atoms with E-state index >= 15 is 0 Å². The molecule has 5 rings (SSSR count). The summed E-state index contributed by atoms with van der Waals surface area (Å²) >= 11 is 7.87. The number of methoxy groups -OCH3 is 3. The first-order valence-corrected chi connectivity index (χ1v) is 15.8. The van der Waals surface area contributed by atoms with E-state index in [-0.39, 0.29) is 12.3 Å². The summed E-state index contributed by atoms with van der Waals surface area (Å²) in [6.07, 6.45) is 8.22. The molecular formula is C33H38ClN3O5S. The molecule has 10 heteroatoms. The molecule has 0 unspecified atom stereocenters. The molecule has 0 atom stereocenters. The molecule has 4 aromatic rings. The van der Waals surface area contributed by atoms with Crippen molar-refractivity contribution in [2.24, 2.45) is 5.92 Å². The number of aromatic amines is 1. The highest BCUT2D eigenvalue weighted by Crippen LogP contribution is 2.43. The molecule has 0 saturated heterocycles. The van der Waals surface area contributed by atoms with Gasteiger partial charge >= 0.3 is 5.97 Å². The topological polar surface area (TPSA) is 103 Å². The number of hydrogen-bond acceptors (Lipinski definition) is 7. The zero-order chi connectivity index (χ0) is 30.7. The minimum absolute atomic E-state index is 0.0281. The average molecular weight is 624 g/mol. The Morgan fingerprint density at radius 2 is 1.79 bits per heavy atom. The van der Waals surface area contributed by atoms with Crippen molar-refractivity contribution in [1.29, 1.82) is 0 Å². The lowest BCUT2D eigenvalue weighted by Gasteiger charge is -2.21. The minimum atomic E-state index is -0.417. The maximum Gasteiger partial charge on any atom is 0.310 e. The van der Waals surface area contributed by atoms with E-state index in [0.717, 1.165) is 51.0 Å². The van der Waals surface area contributed by atoms with Crippen LogP contribution in [0.1, 0.15) is 70.6 Å². The second-order valence-corrected chi connectivity index (χ2v) is 12.7. The highest BCUT2D eigenvalue weighted by molar-refractivity contribution is 7.16. The van der Waals surface area contributed by atoms with Crippen molar-refractivity contribution in [3.8, 4) is 22.8 Å². The van der Waals surface area contributed by atoms with Crippen LogP contribution in [-0.2, 0) is 22.4 Å². The number of aryl methyl sites for hydroxylation is 3. The largest absolute Gasteiger partial charge is 0.496 e. The number of carbonyl (C=O) groups is 2. The normalized spacial score (nSPS) is 13.7. The molecule has 43 heavy (non-hydrogen) atoms. The van der Waals surface area contributed by atoms with Gasteiger partial charge in [-0.1, -0.05) is 55.3 Å². The van der Waals surface area contributed by atoms with Crippen LogP contribution >= 0.6 is 22.9 Å². The summed E-state index contributed by atoms with van der Waals surface area (Å²) in [5, 5.41) is 4.76. The zero-order valence-corrected chi connectivity index (χ0v) is 26.9. The van der Waals surface area contributed by atoms with Crippen LogP contribution in [0.15, 0.2) is 24.3 Å². The molecule has 1 fully saturated rings. The van der Waals surface area contributed by atoms with Gasteiger partial charge in [-0.05, 0) is 50.3 Å². The number of H-pyrrole nitrogens is 1. The molecule has 228 valence electrons. The summed E-state index contributed by atoms with van der Waals surface area (Å²) < 4.78 is 16.2. The fourth-order valence-corrected chi connectivity index (χ4v) is 7.32.